The predicted molar refractivity (Wildman–Crippen MR) is 86.8 cm³/mol. The summed E-state index contributed by atoms with van der Waals surface area (Å²) in [4.78, 5) is 16.6. The molecule has 1 amide bonds. The summed E-state index contributed by atoms with van der Waals surface area (Å²) in [6, 6.07) is -0.178. The van der Waals surface area contributed by atoms with E-state index in [9.17, 15) is 4.79 Å². The van der Waals surface area contributed by atoms with Crippen molar-refractivity contribution in [2.75, 3.05) is 0 Å². The quantitative estimate of drug-likeness (QED) is 0.873. The van der Waals surface area contributed by atoms with Crippen LogP contribution in [-0.2, 0) is 17.8 Å². The smallest absolute Gasteiger partial charge is 0.224 e. The molecule has 0 spiro atoms. The van der Waals surface area contributed by atoms with Crippen LogP contribution >= 0.6 is 24.8 Å². The Kier molecular flexibility index (Phi) is 8.21. The largest absolute Gasteiger partial charge is 0.346 e. The molecular weight excluding hydrogens is 313 g/mol. The van der Waals surface area contributed by atoms with Gasteiger partial charge in [-0.25, -0.2) is 9.67 Å². The molecule has 8 heteroatoms. The van der Waals surface area contributed by atoms with Gasteiger partial charge in [0, 0.05) is 24.9 Å². The number of carbonyl (C=O) groups is 1. The van der Waals surface area contributed by atoms with Crippen molar-refractivity contribution in [1.82, 2.24) is 20.1 Å². The number of fused-ring (bicyclic) bond motifs is 1. The van der Waals surface area contributed by atoms with E-state index >= 15 is 0 Å². The molecule has 0 bridgehead atoms. The summed E-state index contributed by atoms with van der Waals surface area (Å²) in [7, 11) is 0. The summed E-state index contributed by atoms with van der Waals surface area (Å²) in [5.74, 6) is 1.53. The van der Waals surface area contributed by atoms with Gasteiger partial charge in [0.25, 0.3) is 0 Å². The zero-order valence-electron chi connectivity index (χ0n) is 12.7. The summed E-state index contributed by atoms with van der Waals surface area (Å²) in [6.45, 7) is 6.62. The number of amides is 1. The summed E-state index contributed by atoms with van der Waals surface area (Å²) >= 11 is 0. The lowest BCUT2D eigenvalue weighted by Gasteiger charge is -2.25. The van der Waals surface area contributed by atoms with Crippen LogP contribution in [0.25, 0.3) is 0 Å². The van der Waals surface area contributed by atoms with E-state index in [-0.39, 0.29) is 48.7 Å². The van der Waals surface area contributed by atoms with E-state index in [1.165, 1.54) is 0 Å². The van der Waals surface area contributed by atoms with E-state index in [2.05, 4.69) is 15.4 Å². The lowest BCUT2D eigenvalue weighted by molar-refractivity contribution is -0.125. The Hall–Kier alpha value is -0.850. The van der Waals surface area contributed by atoms with Crippen molar-refractivity contribution >= 4 is 30.7 Å². The van der Waals surface area contributed by atoms with Crippen LogP contribution in [0.4, 0.5) is 0 Å². The highest BCUT2D eigenvalue weighted by Crippen LogP contribution is 2.23. The Morgan fingerprint density at radius 2 is 2.14 bits per heavy atom. The second-order valence-electron chi connectivity index (χ2n) is 5.31. The molecule has 0 aliphatic carbocycles. The van der Waals surface area contributed by atoms with Crippen molar-refractivity contribution in [1.29, 1.82) is 0 Å². The molecule has 0 aromatic carbocycles. The van der Waals surface area contributed by atoms with Gasteiger partial charge in [0.1, 0.15) is 5.82 Å². The second-order valence-corrected chi connectivity index (χ2v) is 5.31. The third-order valence-electron chi connectivity index (χ3n) is 3.75. The predicted octanol–water partition coefficient (Wildman–Crippen LogP) is 1.62. The summed E-state index contributed by atoms with van der Waals surface area (Å²) in [5.41, 5.74) is 5.77. The molecule has 3 N–H and O–H groups in total. The minimum atomic E-state index is -0.191. The maximum absolute atomic E-state index is 12.1. The molecule has 3 unspecified atom stereocenters. The Bertz CT molecular complexity index is 463. The number of nitrogens with two attached hydrogens (primary N) is 1. The lowest BCUT2D eigenvalue weighted by Crippen LogP contribution is -2.41. The van der Waals surface area contributed by atoms with Crippen molar-refractivity contribution in [2.45, 2.75) is 58.7 Å². The molecule has 1 aliphatic rings. The fraction of sp³-hybridized carbons (Fsp3) is 0.769. The van der Waals surface area contributed by atoms with E-state index in [1.54, 1.807) is 0 Å². The van der Waals surface area contributed by atoms with Gasteiger partial charge < -0.3 is 11.1 Å². The van der Waals surface area contributed by atoms with Gasteiger partial charge in [-0.15, -0.1) is 24.8 Å². The van der Waals surface area contributed by atoms with Crippen molar-refractivity contribution in [3.8, 4) is 0 Å². The third-order valence-corrected chi connectivity index (χ3v) is 3.75. The average molecular weight is 338 g/mol. The summed E-state index contributed by atoms with van der Waals surface area (Å²) < 4.78 is 1.92. The highest BCUT2D eigenvalue weighted by Gasteiger charge is 2.27. The Balaban J connectivity index is 0.00000200. The Labute approximate surface area is 138 Å². The first-order valence-corrected chi connectivity index (χ1v) is 7.02. The number of aryl methyl sites for hydroxylation is 2. The fourth-order valence-electron chi connectivity index (χ4n) is 2.23. The molecule has 2 heterocycles. The van der Waals surface area contributed by atoms with E-state index in [1.807, 2.05) is 25.5 Å². The lowest BCUT2D eigenvalue weighted by atomic mass is 10.0. The summed E-state index contributed by atoms with van der Waals surface area (Å²) in [5, 5.41) is 7.49. The molecule has 2 rings (SSSR count). The van der Waals surface area contributed by atoms with E-state index in [4.69, 9.17) is 5.73 Å². The third kappa shape index (κ3) is 4.56. The first-order chi connectivity index (χ1) is 9.02. The highest BCUT2D eigenvalue weighted by atomic mass is 35.5. The number of nitrogens with one attached hydrogen (secondary N) is 1. The SMILES string of the molecule is CCc1nc2n(n1)CCCC2NC(=O)C(C)C(C)N.Cl.Cl. The topological polar surface area (TPSA) is 85.8 Å². The normalized spacial score (nSPS) is 19.5. The van der Waals surface area contributed by atoms with E-state index < -0.39 is 0 Å². The van der Waals surface area contributed by atoms with Gasteiger partial charge in [-0.1, -0.05) is 13.8 Å². The second kappa shape index (κ2) is 8.56. The molecule has 3 atom stereocenters. The molecule has 21 heavy (non-hydrogen) atoms. The van der Waals surface area contributed by atoms with Crippen LogP contribution < -0.4 is 11.1 Å². The number of halogens is 2. The zero-order chi connectivity index (χ0) is 14.0. The van der Waals surface area contributed by atoms with Gasteiger partial charge in [0.15, 0.2) is 5.82 Å². The average Bonchev–Trinajstić information content (AvgIpc) is 2.81. The fourth-order valence-corrected chi connectivity index (χ4v) is 2.23. The van der Waals surface area contributed by atoms with Crippen molar-refractivity contribution in [2.24, 2.45) is 11.7 Å². The van der Waals surface area contributed by atoms with Gasteiger partial charge in [-0.2, -0.15) is 5.10 Å². The first-order valence-electron chi connectivity index (χ1n) is 7.02. The number of nitrogens with zero attached hydrogens (tertiary/aromatic N) is 3. The maximum atomic E-state index is 12.1. The van der Waals surface area contributed by atoms with E-state index in [0.717, 1.165) is 37.5 Å². The highest BCUT2D eigenvalue weighted by molar-refractivity contribution is 5.85. The van der Waals surface area contributed by atoms with Gasteiger partial charge in [-0.3, -0.25) is 4.79 Å². The Morgan fingerprint density at radius 3 is 2.71 bits per heavy atom. The molecule has 1 aromatic heterocycles. The molecule has 122 valence electrons. The van der Waals surface area contributed by atoms with Gasteiger partial charge in [0.05, 0.1) is 6.04 Å². The molecule has 1 aromatic rings. The molecule has 6 nitrogen and oxygen atoms in total. The summed E-state index contributed by atoms with van der Waals surface area (Å²) in [6.07, 6.45) is 2.74. The van der Waals surface area contributed by atoms with Crippen molar-refractivity contribution in [3.63, 3.8) is 0 Å². The van der Waals surface area contributed by atoms with Crippen LogP contribution in [0.1, 0.15) is 51.3 Å². The monoisotopic (exact) mass is 337 g/mol. The molecule has 0 radical (unpaired) electrons. The minimum Gasteiger partial charge on any atom is -0.346 e. The minimum absolute atomic E-state index is 0. The van der Waals surface area contributed by atoms with Crippen LogP contribution in [-0.4, -0.2) is 26.7 Å². The van der Waals surface area contributed by atoms with Crippen LogP contribution in [0.15, 0.2) is 0 Å². The van der Waals surface area contributed by atoms with Gasteiger partial charge >= 0.3 is 0 Å². The number of carbonyl (C=O) groups excluding carboxylic acids is 1. The Morgan fingerprint density at radius 1 is 1.48 bits per heavy atom. The number of hydrogen-bond donors (Lipinski definition) is 2. The van der Waals surface area contributed by atoms with E-state index in [0.29, 0.717) is 0 Å². The molecular formula is C13H25Cl2N5O. The number of rotatable bonds is 4. The van der Waals surface area contributed by atoms with Crippen LogP contribution in [0.2, 0.25) is 0 Å². The van der Waals surface area contributed by atoms with Gasteiger partial charge in [0.2, 0.25) is 5.91 Å². The molecule has 0 saturated carbocycles. The molecule has 1 aliphatic heterocycles. The number of aromatic nitrogens is 3. The maximum Gasteiger partial charge on any atom is 0.224 e. The van der Waals surface area contributed by atoms with Crippen LogP contribution in [0.5, 0.6) is 0 Å². The van der Waals surface area contributed by atoms with Crippen LogP contribution in [0, 0.1) is 5.92 Å². The number of hydrogen-bond acceptors (Lipinski definition) is 4. The molecule has 0 saturated heterocycles. The first kappa shape index (κ1) is 20.1. The van der Waals surface area contributed by atoms with Crippen molar-refractivity contribution in [3.05, 3.63) is 11.6 Å². The molecule has 0 fully saturated rings. The standard InChI is InChI=1S/C13H23N5O.2ClH/c1-4-11-16-12-10(6-5-7-18(12)17-11)15-13(19)8(2)9(3)14;;/h8-10H,4-7,14H2,1-3H3,(H,15,19);2*1H. The van der Waals surface area contributed by atoms with Gasteiger partial charge in [-0.05, 0) is 19.8 Å². The zero-order valence-corrected chi connectivity index (χ0v) is 14.3. The van der Waals surface area contributed by atoms with Crippen LogP contribution in [0.3, 0.4) is 0 Å². The van der Waals surface area contributed by atoms with Crippen molar-refractivity contribution < 1.29 is 4.79 Å².